The van der Waals surface area contributed by atoms with Gasteiger partial charge in [-0.05, 0) is 31.2 Å². The van der Waals surface area contributed by atoms with E-state index in [2.05, 4.69) is 53.1 Å². The Morgan fingerprint density at radius 1 is 0.958 bits per heavy atom. The highest BCUT2D eigenvalue weighted by molar-refractivity contribution is 7.99. The van der Waals surface area contributed by atoms with Gasteiger partial charge in [-0.1, -0.05) is 35.9 Å². The molecule has 0 spiro atoms. The zero-order valence-electron chi connectivity index (χ0n) is 14.3. The van der Waals surface area contributed by atoms with Crippen molar-refractivity contribution in [2.24, 2.45) is 0 Å². The molecule has 0 amide bonds. The smallest absolute Gasteiger partial charge is 0.0760 e. The lowest BCUT2D eigenvalue weighted by molar-refractivity contribution is 0.126. The highest BCUT2D eigenvalue weighted by atomic mass is 32.2. The lowest BCUT2D eigenvalue weighted by atomic mass is 10.2. The van der Waals surface area contributed by atoms with Gasteiger partial charge in [0.05, 0.1) is 6.10 Å². The average Bonchev–Trinajstić information content (AvgIpc) is 2.62. The first-order valence-electron chi connectivity index (χ1n) is 8.60. The lowest BCUT2D eigenvalue weighted by Crippen LogP contribution is -2.48. The quantitative estimate of drug-likeness (QED) is 0.815. The minimum atomic E-state index is -0.277. The molecule has 128 valence electrons. The SMILES string of the molecule is Cc1ccc(N2CCN(C[C@@H](O)CSc3ccccc3)CC2)cc1. The number of anilines is 1. The number of β-amino-alcohol motifs (C(OH)–C–C–N with tert-alkyl or cyclic N) is 1. The fraction of sp³-hybridized carbons (Fsp3) is 0.400. The van der Waals surface area contributed by atoms with E-state index in [1.165, 1.54) is 16.1 Å². The van der Waals surface area contributed by atoms with Crippen LogP contribution in [0.15, 0.2) is 59.5 Å². The number of hydrogen-bond donors (Lipinski definition) is 1. The number of aliphatic hydroxyl groups excluding tert-OH is 1. The molecule has 3 nitrogen and oxygen atoms in total. The largest absolute Gasteiger partial charge is 0.391 e. The Morgan fingerprint density at radius 3 is 2.29 bits per heavy atom. The summed E-state index contributed by atoms with van der Waals surface area (Å²) in [6, 6.07) is 19.0. The fourth-order valence-corrected chi connectivity index (χ4v) is 3.84. The van der Waals surface area contributed by atoms with Crippen molar-refractivity contribution >= 4 is 17.4 Å². The molecule has 3 rings (SSSR count). The predicted octanol–water partition coefficient (Wildman–Crippen LogP) is 3.27. The monoisotopic (exact) mass is 342 g/mol. The second kappa shape index (κ2) is 8.56. The van der Waals surface area contributed by atoms with E-state index in [-0.39, 0.29) is 6.10 Å². The molecule has 0 aromatic heterocycles. The van der Waals surface area contributed by atoms with Crippen LogP contribution in [0.5, 0.6) is 0 Å². The topological polar surface area (TPSA) is 26.7 Å². The summed E-state index contributed by atoms with van der Waals surface area (Å²) in [5.74, 6) is 0.752. The Labute approximate surface area is 149 Å². The van der Waals surface area contributed by atoms with Crippen molar-refractivity contribution in [3.05, 3.63) is 60.2 Å². The molecule has 2 aromatic rings. The zero-order chi connectivity index (χ0) is 16.8. The molecule has 4 heteroatoms. The van der Waals surface area contributed by atoms with Gasteiger partial charge in [-0.25, -0.2) is 0 Å². The first kappa shape index (κ1) is 17.3. The Morgan fingerprint density at radius 2 is 1.62 bits per heavy atom. The van der Waals surface area contributed by atoms with Gasteiger partial charge in [0.1, 0.15) is 0 Å². The van der Waals surface area contributed by atoms with Gasteiger partial charge in [0.25, 0.3) is 0 Å². The summed E-state index contributed by atoms with van der Waals surface area (Å²) in [5.41, 5.74) is 2.61. The van der Waals surface area contributed by atoms with Crippen LogP contribution >= 0.6 is 11.8 Å². The third-order valence-electron chi connectivity index (χ3n) is 4.43. The first-order valence-corrected chi connectivity index (χ1v) is 9.59. The van der Waals surface area contributed by atoms with E-state index >= 15 is 0 Å². The van der Waals surface area contributed by atoms with E-state index in [0.717, 1.165) is 38.5 Å². The summed E-state index contributed by atoms with van der Waals surface area (Å²) in [5, 5.41) is 10.3. The molecule has 0 bridgehead atoms. The Balaban J connectivity index is 1.41. The Bertz CT molecular complexity index is 609. The van der Waals surface area contributed by atoms with E-state index in [4.69, 9.17) is 0 Å². The van der Waals surface area contributed by atoms with Crippen LogP contribution in [0.4, 0.5) is 5.69 Å². The van der Waals surface area contributed by atoms with Crippen LogP contribution in [-0.4, -0.2) is 54.6 Å². The molecule has 1 heterocycles. The van der Waals surface area contributed by atoms with Crippen molar-refractivity contribution in [2.75, 3.05) is 43.4 Å². The number of benzene rings is 2. The molecular formula is C20H26N2OS. The van der Waals surface area contributed by atoms with Gasteiger partial charge in [0.2, 0.25) is 0 Å². The lowest BCUT2D eigenvalue weighted by Gasteiger charge is -2.37. The zero-order valence-corrected chi connectivity index (χ0v) is 15.1. The Kier molecular flexibility index (Phi) is 6.18. The average molecular weight is 343 g/mol. The van der Waals surface area contributed by atoms with Crippen molar-refractivity contribution in [2.45, 2.75) is 17.9 Å². The van der Waals surface area contributed by atoms with Gasteiger partial charge in [-0.15, -0.1) is 11.8 Å². The molecule has 2 aromatic carbocycles. The van der Waals surface area contributed by atoms with Crippen LogP contribution in [0, 0.1) is 6.92 Å². The summed E-state index contributed by atoms with van der Waals surface area (Å²) < 4.78 is 0. The standard InChI is InChI=1S/C20H26N2OS/c1-17-7-9-18(10-8-17)22-13-11-21(12-14-22)15-19(23)16-24-20-5-3-2-4-6-20/h2-10,19,23H,11-16H2,1H3/t19-/m1/s1. The molecule has 1 atom stereocenters. The predicted molar refractivity (Wildman–Crippen MR) is 103 cm³/mol. The van der Waals surface area contributed by atoms with E-state index in [1.54, 1.807) is 11.8 Å². The maximum absolute atomic E-state index is 10.3. The summed E-state index contributed by atoms with van der Waals surface area (Å²) >= 11 is 1.73. The molecule has 1 aliphatic rings. The van der Waals surface area contributed by atoms with Crippen molar-refractivity contribution in [3.63, 3.8) is 0 Å². The molecule has 24 heavy (non-hydrogen) atoms. The summed E-state index contributed by atoms with van der Waals surface area (Å²) in [6.45, 7) is 6.98. The van der Waals surface area contributed by atoms with E-state index in [1.807, 2.05) is 18.2 Å². The van der Waals surface area contributed by atoms with Crippen LogP contribution < -0.4 is 4.90 Å². The van der Waals surface area contributed by atoms with Crippen molar-refractivity contribution in [1.82, 2.24) is 4.90 Å². The number of nitrogens with zero attached hydrogens (tertiary/aromatic N) is 2. The van der Waals surface area contributed by atoms with E-state index < -0.39 is 0 Å². The van der Waals surface area contributed by atoms with Crippen molar-refractivity contribution < 1.29 is 5.11 Å². The van der Waals surface area contributed by atoms with Gasteiger partial charge in [-0.2, -0.15) is 0 Å². The van der Waals surface area contributed by atoms with Gasteiger partial charge in [0.15, 0.2) is 0 Å². The number of hydrogen-bond acceptors (Lipinski definition) is 4. The first-order chi connectivity index (χ1) is 11.7. The number of piperazine rings is 1. The minimum absolute atomic E-state index is 0.277. The maximum atomic E-state index is 10.3. The molecule has 1 aliphatic heterocycles. The van der Waals surface area contributed by atoms with Gasteiger partial charge >= 0.3 is 0 Å². The number of rotatable bonds is 6. The summed E-state index contributed by atoms with van der Waals surface area (Å²) in [6.07, 6.45) is -0.277. The molecule has 0 aliphatic carbocycles. The van der Waals surface area contributed by atoms with Crippen LogP contribution in [0.1, 0.15) is 5.56 Å². The molecule has 1 saturated heterocycles. The van der Waals surface area contributed by atoms with Crippen LogP contribution in [0.25, 0.3) is 0 Å². The maximum Gasteiger partial charge on any atom is 0.0760 e. The van der Waals surface area contributed by atoms with Gasteiger partial charge in [0, 0.05) is 49.1 Å². The molecule has 0 saturated carbocycles. The highest BCUT2D eigenvalue weighted by Crippen LogP contribution is 2.20. The summed E-state index contributed by atoms with van der Waals surface area (Å²) in [7, 11) is 0. The number of aliphatic hydroxyl groups is 1. The third-order valence-corrected chi connectivity index (χ3v) is 5.58. The highest BCUT2D eigenvalue weighted by Gasteiger charge is 2.19. The fourth-order valence-electron chi connectivity index (χ4n) is 3.00. The van der Waals surface area contributed by atoms with Crippen LogP contribution in [0.2, 0.25) is 0 Å². The third kappa shape index (κ3) is 5.00. The van der Waals surface area contributed by atoms with E-state index in [9.17, 15) is 5.11 Å². The van der Waals surface area contributed by atoms with E-state index in [0.29, 0.717) is 0 Å². The van der Waals surface area contributed by atoms with Crippen LogP contribution in [0.3, 0.4) is 0 Å². The normalized spacial score (nSPS) is 17.0. The summed E-state index contributed by atoms with van der Waals surface area (Å²) in [4.78, 5) is 6.03. The van der Waals surface area contributed by atoms with Crippen molar-refractivity contribution in [1.29, 1.82) is 0 Å². The minimum Gasteiger partial charge on any atom is -0.391 e. The van der Waals surface area contributed by atoms with Crippen molar-refractivity contribution in [3.8, 4) is 0 Å². The second-order valence-electron chi connectivity index (χ2n) is 6.40. The number of thioether (sulfide) groups is 1. The van der Waals surface area contributed by atoms with Crippen LogP contribution in [-0.2, 0) is 0 Å². The Hall–Kier alpha value is -1.49. The second-order valence-corrected chi connectivity index (χ2v) is 7.49. The molecule has 1 fully saturated rings. The van der Waals surface area contributed by atoms with Gasteiger partial charge < -0.3 is 10.0 Å². The van der Waals surface area contributed by atoms with Gasteiger partial charge in [-0.3, -0.25) is 4.90 Å². The molecule has 0 unspecified atom stereocenters. The number of aryl methyl sites for hydroxylation is 1. The molecule has 0 radical (unpaired) electrons. The molecular weight excluding hydrogens is 316 g/mol. The molecule has 1 N–H and O–H groups in total.